The third-order valence-electron chi connectivity index (χ3n) is 4.85. The highest BCUT2D eigenvalue weighted by Crippen LogP contribution is 2.38. The summed E-state index contributed by atoms with van der Waals surface area (Å²) >= 11 is 5.87. The third-order valence-corrected chi connectivity index (χ3v) is 5.10. The second-order valence-electron chi connectivity index (χ2n) is 6.47. The van der Waals surface area contributed by atoms with Crippen molar-refractivity contribution in [1.82, 2.24) is 9.88 Å². The first-order valence-electron chi connectivity index (χ1n) is 9.79. The molecule has 2 aromatic carbocycles. The Bertz CT molecular complexity index is 997. The highest BCUT2D eigenvalue weighted by molar-refractivity contribution is 6.30. The molecule has 0 bridgehead atoms. The van der Waals surface area contributed by atoms with Crippen molar-refractivity contribution in [3.63, 3.8) is 0 Å². The van der Waals surface area contributed by atoms with Gasteiger partial charge in [0.05, 0.1) is 7.11 Å². The first kappa shape index (κ1) is 23.4. The monoisotopic (exact) mass is 430 g/mol. The van der Waals surface area contributed by atoms with Crippen LogP contribution in [0.25, 0.3) is 22.2 Å². The number of halogens is 1. The fraction of sp³-hybridized carbons (Fsp3) is 0.304. The molecule has 1 heterocycles. The summed E-state index contributed by atoms with van der Waals surface area (Å²) in [7, 11) is 1.48. The van der Waals surface area contributed by atoms with Gasteiger partial charge in [0.2, 0.25) is 0 Å². The molecule has 0 saturated carbocycles. The maximum atomic E-state index is 11.6. The summed E-state index contributed by atoms with van der Waals surface area (Å²) in [5, 5.41) is 20.8. The number of hydrogen-bond donors (Lipinski definition) is 2. The van der Waals surface area contributed by atoms with Crippen LogP contribution in [-0.4, -0.2) is 52.8 Å². The number of aromatic nitrogens is 1. The van der Waals surface area contributed by atoms with Crippen molar-refractivity contribution < 1.29 is 19.7 Å². The van der Waals surface area contributed by atoms with E-state index in [4.69, 9.17) is 16.3 Å². The molecule has 0 aliphatic carbocycles. The Morgan fingerprint density at radius 2 is 1.67 bits per heavy atom. The summed E-state index contributed by atoms with van der Waals surface area (Å²) < 4.78 is 5.25. The quantitative estimate of drug-likeness (QED) is 0.551. The molecule has 3 rings (SSSR count). The molecule has 0 aliphatic rings. The Labute approximate surface area is 181 Å². The van der Waals surface area contributed by atoms with Crippen molar-refractivity contribution in [3.05, 3.63) is 53.1 Å². The molecule has 2 N–H and O–H groups in total. The molecule has 0 aliphatic heterocycles. The maximum Gasteiger partial charge on any atom is 0.340 e. The van der Waals surface area contributed by atoms with Crippen LogP contribution in [-0.2, 0) is 0 Å². The van der Waals surface area contributed by atoms with Crippen LogP contribution in [0, 0.1) is 0 Å². The van der Waals surface area contributed by atoms with Crippen LogP contribution < -0.4 is 4.74 Å². The molecule has 1 aromatic heterocycles. The Balaban J connectivity index is 0.000000396. The van der Waals surface area contributed by atoms with E-state index in [0.29, 0.717) is 27.2 Å². The van der Waals surface area contributed by atoms with Crippen LogP contribution in [0.2, 0.25) is 5.02 Å². The number of aromatic hydroxyl groups is 1. The molecule has 3 aromatic rings. The molecular formula is C23H27ClN2O4. The number of carboxylic acid groups (broad SMARTS) is 1. The fourth-order valence-electron chi connectivity index (χ4n) is 3.11. The average molecular weight is 431 g/mol. The number of fused-ring (bicyclic) bond motifs is 1. The lowest BCUT2D eigenvalue weighted by Gasteiger charge is -2.13. The van der Waals surface area contributed by atoms with E-state index in [1.54, 1.807) is 42.5 Å². The topological polar surface area (TPSA) is 82.9 Å². The van der Waals surface area contributed by atoms with Gasteiger partial charge in [-0.25, -0.2) is 9.78 Å². The van der Waals surface area contributed by atoms with Crippen molar-refractivity contribution >= 4 is 28.5 Å². The lowest BCUT2D eigenvalue weighted by molar-refractivity contribution is 0.0696. The minimum absolute atomic E-state index is 0.163. The Morgan fingerprint density at radius 1 is 1.07 bits per heavy atom. The van der Waals surface area contributed by atoms with Crippen LogP contribution in [0.4, 0.5) is 0 Å². The van der Waals surface area contributed by atoms with E-state index in [2.05, 4.69) is 30.7 Å². The number of rotatable bonds is 6. The molecule has 0 radical (unpaired) electrons. The summed E-state index contributed by atoms with van der Waals surface area (Å²) in [5.41, 5.74) is 0.882. The molecule has 0 fully saturated rings. The Morgan fingerprint density at radius 3 is 2.13 bits per heavy atom. The highest BCUT2D eigenvalue weighted by Gasteiger charge is 2.22. The smallest absolute Gasteiger partial charge is 0.340 e. The van der Waals surface area contributed by atoms with Gasteiger partial charge < -0.3 is 19.8 Å². The van der Waals surface area contributed by atoms with Gasteiger partial charge in [-0.3, -0.25) is 0 Å². The SMILES string of the molecule is CCN(CC)CC.COc1cccc2c(C(=O)O)c(O)c(-c3ccc(Cl)cc3)nc12. The predicted octanol–water partition coefficient (Wildman–Crippen LogP) is 5.32. The van der Waals surface area contributed by atoms with Gasteiger partial charge in [-0.15, -0.1) is 0 Å². The number of carboxylic acids is 1. The molecule has 160 valence electrons. The number of aromatic carboxylic acids is 1. The van der Waals surface area contributed by atoms with Crippen LogP contribution in [0.5, 0.6) is 11.5 Å². The molecule has 7 heteroatoms. The van der Waals surface area contributed by atoms with Gasteiger partial charge >= 0.3 is 5.97 Å². The molecule has 0 atom stereocenters. The van der Waals surface area contributed by atoms with Gasteiger partial charge in [-0.05, 0) is 37.8 Å². The maximum absolute atomic E-state index is 11.6. The predicted molar refractivity (Wildman–Crippen MR) is 121 cm³/mol. The zero-order valence-electron chi connectivity index (χ0n) is 17.6. The van der Waals surface area contributed by atoms with Crippen molar-refractivity contribution in [2.45, 2.75) is 20.8 Å². The Hall–Kier alpha value is -2.83. The van der Waals surface area contributed by atoms with E-state index in [1.165, 1.54) is 26.7 Å². The molecule has 0 unspecified atom stereocenters. The summed E-state index contributed by atoms with van der Waals surface area (Å²) in [6.45, 7) is 10.1. The number of hydrogen-bond acceptors (Lipinski definition) is 5. The number of benzene rings is 2. The zero-order chi connectivity index (χ0) is 22.3. The average Bonchev–Trinajstić information content (AvgIpc) is 2.75. The van der Waals surface area contributed by atoms with Crippen LogP contribution >= 0.6 is 11.6 Å². The molecule has 6 nitrogen and oxygen atoms in total. The van der Waals surface area contributed by atoms with Crippen LogP contribution in [0.1, 0.15) is 31.1 Å². The Kier molecular flexibility index (Phi) is 8.45. The molecule has 0 spiro atoms. The van der Waals surface area contributed by atoms with E-state index in [-0.39, 0.29) is 17.0 Å². The molecule has 0 amide bonds. The van der Waals surface area contributed by atoms with Crippen molar-refractivity contribution in [2.75, 3.05) is 26.7 Å². The van der Waals surface area contributed by atoms with Gasteiger partial charge in [0, 0.05) is 16.0 Å². The number of ether oxygens (including phenoxy) is 1. The second-order valence-corrected chi connectivity index (χ2v) is 6.91. The van der Waals surface area contributed by atoms with Gasteiger partial charge in [-0.1, -0.05) is 56.6 Å². The molecular weight excluding hydrogens is 404 g/mol. The van der Waals surface area contributed by atoms with Gasteiger partial charge in [-0.2, -0.15) is 0 Å². The standard InChI is InChI=1S/C17H12ClNO4.C6H15N/c1-23-12-4-2-3-11-13(17(21)22)16(20)14(19-15(11)12)9-5-7-10(18)8-6-9;1-4-7(5-2)6-3/h2-8,20H,1H3,(H,21,22);4-6H2,1-3H3. The summed E-state index contributed by atoms with van der Waals surface area (Å²) in [4.78, 5) is 18.4. The number of methoxy groups -OCH3 is 1. The molecule has 0 saturated heterocycles. The minimum Gasteiger partial charge on any atom is -0.505 e. The largest absolute Gasteiger partial charge is 0.505 e. The van der Waals surface area contributed by atoms with Gasteiger partial charge in [0.1, 0.15) is 22.5 Å². The van der Waals surface area contributed by atoms with Crippen molar-refractivity contribution in [2.24, 2.45) is 0 Å². The lowest BCUT2D eigenvalue weighted by Crippen LogP contribution is -2.21. The first-order chi connectivity index (χ1) is 14.4. The van der Waals surface area contributed by atoms with E-state index < -0.39 is 5.97 Å². The number of carbonyl (C=O) groups is 1. The van der Waals surface area contributed by atoms with E-state index in [9.17, 15) is 15.0 Å². The van der Waals surface area contributed by atoms with E-state index in [0.717, 1.165) is 0 Å². The second kappa shape index (κ2) is 10.8. The normalized spacial score (nSPS) is 10.6. The summed E-state index contributed by atoms with van der Waals surface area (Å²) in [6, 6.07) is 11.5. The summed E-state index contributed by atoms with van der Waals surface area (Å²) in [5.74, 6) is -1.20. The summed E-state index contributed by atoms with van der Waals surface area (Å²) in [6.07, 6.45) is 0. The highest BCUT2D eigenvalue weighted by atomic mass is 35.5. The van der Waals surface area contributed by atoms with Crippen molar-refractivity contribution in [3.8, 4) is 22.8 Å². The van der Waals surface area contributed by atoms with Crippen LogP contribution in [0.15, 0.2) is 42.5 Å². The lowest BCUT2D eigenvalue weighted by atomic mass is 10.0. The van der Waals surface area contributed by atoms with Gasteiger partial charge in [0.25, 0.3) is 0 Å². The number of nitrogens with zero attached hydrogens (tertiary/aromatic N) is 2. The van der Waals surface area contributed by atoms with E-state index >= 15 is 0 Å². The van der Waals surface area contributed by atoms with E-state index in [1.807, 2.05) is 0 Å². The fourth-order valence-corrected chi connectivity index (χ4v) is 3.24. The minimum atomic E-state index is -1.24. The van der Waals surface area contributed by atoms with Crippen molar-refractivity contribution in [1.29, 1.82) is 0 Å². The van der Waals surface area contributed by atoms with Gasteiger partial charge in [0.15, 0.2) is 5.75 Å². The zero-order valence-corrected chi connectivity index (χ0v) is 18.4. The first-order valence-corrected chi connectivity index (χ1v) is 10.2. The molecule has 30 heavy (non-hydrogen) atoms. The third kappa shape index (κ3) is 5.20. The number of pyridine rings is 1. The van der Waals surface area contributed by atoms with Crippen LogP contribution in [0.3, 0.4) is 0 Å². The number of para-hydroxylation sites is 1.